The first-order valence-corrected chi connectivity index (χ1v) is 6.28. The maximum absolute atomic E-state index is 5.87. The molecule has 0 saturated heterocycles. The molecular weight excluding hydrogens is 232 g/mol. The summed E-state index contributed by atoms with van der Waals surface area (Å²) in [4.78, 5) is 2.28. The molecule has 0 aliphatic carbocycles. The van der Waals surface area contributed by atoms with Gasteiger partial charge in [0.1, 0.15) is 5.76 Å². The third-order valence-electron chi connectivity index (χ3n) is 2.91. The van der Waals surface area contributed by atoms with E-state index >= 15 is 0 Å². The summed E-state index contributed by atoms with van der Waals surface area (Å²) < 4.78 is 15.7. The zero-order chi connectivity index (χ0) is 13.2. The number of hydrogen-bond acceptors (Lipinski definition) is 5. The number of methoxy groups -OCH3 is 2. The highest BCUT2D eigenvalue weighted by Gasteiger charge is 2.20. The van der Waals surface area contributed by atoms with Gasteiger partial charge >= 0.3 is 0 Å². The number of nitrogens with zero attached hydrogens (tertiary/aromatic N) is 1. The quantitative estimate of drug-likeness (QED) is 0.639. The molecule has 0 aliphatic rings. The summed E-state index contributed by atoms with van der Waals surface area (Å²) in [5, 5.41) is 0. The van der Waals surface area contributed by atoms with E-state index in [1.165, 1.54) is 0 Å². The lowest BCUT2D eigenvalue weighted by atomic mass is 10.2. The summed E-state index contributed by atoms with van der Waals surface area (Å²) in [5.74, 6) is 0.908. The molecule has 5 heteroatoms. The molecule has 5 nitrogen and oxygen atoms in total. The van der Waals surface area contributed by atoms with Crippen molar-refractivity contribution in [3.05, 3.63) is 24.2 Å². The Bertz CT molecular complexity index is 290. The molecule has 0 aliphatic heterocycles. The van der Waals surface area contributed by atoms with Crippen molar-refractivity contribution in [3.8, 4) is 0 Å². The highest BCUT2D eigenvalue weighted by atomic mass is 16.5. The smallest absolute Gasteiger partial charge is 0.122 e. The number of nitrogens with two attached hydrogens (primary N) is 1. The van der Waals surface area contributed by atoms with Crippen molar-refractivity contribution >= 4 is 0 Å². The monoisotopic (exact) mass is 256 g/mol. The average molecular weight is 256 g/mol. The lowest BCUT2D eigenvalue weighted by Gasteiger charge is -2.29. The van der Waals surface area contributed by atoms with Gasteiger partial charge in [0.2, 0.25) is 0 Å². The van der Waals surface area contributed by atoms with Gasteiger partial charge in [0, 0.05) is 40.5 Å². The molecule has 0 amide bonds. The Morgan fingerprint density at radius 3 is 2.61 bits per heavy atom. The Balaban J connectivity index is 2.59. The Kier molecular flexibility index (Phi) is 7.68. The van der Waals surface area contributed by atoms with Crippen molar-refractivity contribution < 1.29 is 13.9 Å². The lowest BCUT2D eigenvalue weighted by molar-refractivity contribution is 0.100. The number of rotatable bonds is 10. The highest BCUT2D eigenvalue weighted by molar-refractivity contribution is 5.05. The third kappa shape index (κ3) is 4.78. The molecule has 1 unspecified atom stereocenters. The van der Waals surface area contributed by atoms with E-state index in [1.54, 1.807) is 20.5 Å². The second-order valence-electron chi connectivity index (χ2n) is 4.14. The molecular formula is C13H24N2O3. The Morgan fingerprint density at radius 2 is 2.06 bits per heavy atom. The van der Waals surface area contributed by atoms with Gasteiger partial charge in [-0.2, -0.15) is 0 Å². The van der Waals surface area contributed by atoms with Gasteiger partial charge in [-0.3, -0.25) is 4.90 Å². The van der Waals surface area contributed by atoms with E-state index in [1.807, 2.05) is 12.1 Å². The molecule has 0 spiro atoms. The topological polar surface area (TPSA) is 60.9 Å². The van der Waals surface area contributed by atoms with Crippen molar-refractivity contribution in [3.63, 3.8) is 0 Å². The van der Waals surface area contributed by atoms with E-state index in [4.69, 9.17) is 19.6 Å². The number of hydrogen-bond donors (Lipinski definition) is 1. The van der Waals surface area contributed by atoms with Gasteiger partial charge in [-0.1, -0.05) is 0 Å². The summed E-state index contributed by atoms with van der Waals surface area (Å²) in [5.41, 5.74) is 5.87. The minimum absolute atomic E-state index is 0.104. The Morgan fingerprint density at radius 1 is 1.28 bits per heavy atom. The van der Waals surface area contributed by atoms with E-state index < -0.39 is 0 Å². The van der Waals surface area contributed by atoms with Gasteiger partial charge in [-0.05, 0) is 18.6 Å². The molecule has 0 fully saturated rings. The zero-order valence-corrected chi connectivity index (χ0v) is 11.3. The summed E-state index contributed by atoms with van der Waals surface area (Å²) >= 11 is 0. The molecule has 0 radical (unpaired) electrons. The van der Waals surface area contributed by atoms with Crippen molar-refractivity contribution in [2.45, 2.75) is 12.5 Å². The maximum atomic E-state index is 5.87. The van der Waals surface area contributed by atoms with Crippen LogP contribution in [0, 0.1) is 0 Å². The van der Waals surface area contributed by atoms with Gasteiger partial charge in [0.25, 0.3) is 0 Å². The van der Waals surface area contributed by atoms with Crippen LogP contribution in [0.3, 0.4) is 0 Å². The highest BCUT2D eigenvalue weighted by Crippen LogP contribution is 2.20. The molecule has 1 heterocycles. The van der Waals surface area contributed by atoms with Crippen LogP contribution >= 0.6 is 0 Å². The molecule has 1 rings (SSSR count). The van der Waals surface area contributed by atoms with Gasteiger partial charge in [-0.25, -0.2) is 0 Å². The van der Waals surface area contributed by atoms with Crippen molar-refractivity contribution in [1.29, 1.82) is 0 Å². The first kappa shape index (κ1) is 15.2. The largest absolute Gasteiger partial charge is 0.468 e. The van der Waals surface area contributed by atoms with Crippen molar-refractivity contribution in [2.24, 2.45) is 5.73 Å². The number of ether oxygens (including phenoxy) is 2. The third-order valence-corrected chi connectivity index (χ3v) is 2.91. The molecule has 1 aromatic heterocycles. The van der Waals surface area contributed by atoms with Crippen LogP contribution < -0.4 is 5.73 Å². The average Bonchev–Trinajstić information content (AvgIpc) is 2.90. The molecule has 0 aromatic carbocycles. The van der Waals surface area contributed by atoms with Crippen LogP contribution in [-0.4, -0.2) is 52.0 Å². The van der Waals surface area contributed by atoms with Crippen molar-refractivity contribution in [2.75, 3.05) is 47.1 Å². The standard InChI is InChI=1S/C13H24N2O3/c1-16-8-4-6-15(7-10-17-2)12(11-14)13-5-3-9-18-13/h3,5,9,12H,4,6-8,10-11,14H2,1-2H3. The lowest BCUT2D eigenvalue weighted by Crippen LogP contribution is -2.37. The summed E-state index contributed by atoms with van der Waals surface area (Å²) in [6.45, 7) is 3.72. The predicted molar refractivity (Wildman–Crippen MR) is 70.4 cm³/mol. The van der Waals surface area contributed by atoms with Crippen LogP contribution in [0.4, 0.5) is 0 Å². The molecule has 0 bridgehead atoms. The first-order valence-electron chi connectivity index (χ1n) is 6.28. The van der Waals surface area contributed by atoms with Crippen molar-refractivity contribution in [1.82, 2.24) is 4.90 Å². The second kappa shape index (κ2) is 9.10. The fraction of sp³-hybridized carbons (Fsp3) is 0.692. The fourth-order valence-corrected chi connectivity index (χ4v) is 1.97. The Labute approximate surface area is 109 Å². The van der Waals surface area contributed by atoms with Crippen LogP contribution in [0.5, 0.6) is 0 Å². The SMILES string of the molecule is COCCCN(CCOC)C(CN)c1ccco1. The molecule has 2 N–H and O–H groups in total. The van der Waals surface area contributed by atoms with E-state index in [0.717, 1.165) is 31.9 Å². The first-order chi connectivity index (χ1) is 8.83. The maximum Gasteiger partial charge on any atom is 0.122 e. The van der Waals surface area contributed by atoms with E-state index in [9.17, 15) is 0 Å². The van der Waals surface area contributed by atoms with E-state index in [0.29, 0.717) is 13.2 Å². The van der Waals surface area contributed by atoms with Gasteiger partial charge < -0.3 is 19.6 Å². The summed E-state index contributed by atoms with van der Waals surface area (Å²) in [6.07, 6.45) is 2.65. The molecule has 1 aromatic rings. The summed E-state index contributed by atoms with van der Waals surface area (Å²) in [7, 11) is 3.42. The minimum Gasteiger partial charge on any atom is -0.468 e. The summed E-state index contributed by atoms with van der Waals surface area (Å²) in [6, 6.07) is 3.96. The Hall–Kier alpha value is -0.880. The number of furan rings is 1. The van der Waals surface area contributed by atoms with E-state index in [-0.39, 0.29) is 6.04 Å². The molecule has 104 valence electrons. The van der Waals surface area contributed by atoms with Crippen LogP contribution in [0.2, 0.25) is 0 Å². The van der Waals surface area contributed by atoms with Gasteiger partial charge in [0.15, 0.2) is 0 Å². The fourth-order valence-electron chi connectivity index (χ4n) is 1.97. The molecule has 1 atom stereocenters. The normalized spacial score (nSPS) is 13.1. The van der Waals surface area contributed by atoms with Crippen LogP contribution in [-0.2, 0) is 9.47 Å². The van der Waals surface area contributed by atoms with Gasteiger partial charge in [-0.15, -0.1) is 0 Å². The van der Waals surface area contributed by atoms with E-state index in [2.05, 4.69) is 4.90 Å². The molecule has 0 saturated carbocycles. The van der Waals surface area contributed by atoms with Crippen LogP contribution in [0.1, 0.15) is 18.2 Å². The van der Waals surface area contributed by atoms with Crippen LogP contribution in [0.15, 0.2) is 22.8 Å². The van der Waals surface area contributed by atoms with Gasteiger partial charge in [0.05, 0.1) is 18.9 Å². The molecule has 18 heavy (non-hydrogen) atoms. The minimum atomic E-state index is 0.104. The zero-order valence-electron chi connectivity index (χ0n) is 11.3. The predicted octanol–water partition coefficient (Wildman–Crippen LogP) is 1.26. The van der Waals surface area contributed by atoms with Crippen LogP contribution in [0.25, 0.3) is 0 Å². The second-order valence-corrected chi connectivity index (χ2v) is 4.14.